The minimum atomic E-state index is -0.864. The number of fused-ring (bicyclic) bond motifs is 1. The fraction of sp³-hybridized carbons (Fsp3) is 0.478. The Balaban J connectivity index is 1.61. The quantitative estimate of drug-likeness (QED) is 0.486. The minimum Gasteiger partial charge on any atom is -0.481 e. The second-order valence-corrected chi connectivity index (χ2v) is 10.1. The number of aliphatic carboxylic acids is 1. The van der Waals surface area contributed by atoms with E-state index in [-0.39, 0.29) is 22.5 Å². The SMILES string of the molecule is CC(C(=O)OC(C)(C)C)n1cnn2cc(-c3nc(N[C@H]4CC[C@@H](C(=O)O)C4)ncc3Cl)cc2c1=O. The van der Waals surface area contributed by atoms with Crippen molar-refractivity contribution in [1.29, 1.82) is 0 Å². The number of hydrogen-bond acceptors (Lipinski definition) is 8. The van der Waals surface area contributed by atoms with Gasteiger partial charge in [-0.3, -0.25) is 14.2 Å². The highest BCUT2D eigenvalue weighted by Crippen LogP contribution is 2.30. The summed E-state index contributed by atoms with van der Waals surface area (Å²) in [7, 11) is 0. The van der Waals surface area contributed by atoms with Gasteiger partial charge in [0.1, 0.15) is 23.5 Å². The van der Waals surface area contributed by atoms with Gasteiger partial charge in [0.25, 0.3) is 5.56 Å². The predicted octanol–water partition coefficient (Wildman–Crippen LogP) is 3.17. The topological polar surface area (TPSA) is 141 Å². The molecule has 0 saturated heterocycles. The van der Waals surface area contributed by atoms with Gasteiger partial charge in [-0.05, 0) is 53.0 Å². The van der Waals surface area contributed by atoms with Crippen LogP contribution in [0.3, 0.4) is 0 Å². The summed E-state index contributed by atoms with van der Waals surface area (Å²) >= 11 is 6.36. The Bertz CT molecular complexity index is 1340. The molecule has 0 amide bonds. The predicted molar refractivity (Wildman–Crippen MR) is 128 cm³/mol. The molecular formula is C23H27ClN6O5. The number of carbonyl (C=O) groups excluding carboxylic acids is 1. The van der Waals surface area contributed by atoms with Crippen LogP contribution in [0.1, 0.15) is 53.0 Å². The molecule has 0 aromatic carbocycles. The normalized spacial score (nSPS) is 19.0. The lowest BCUT2D eigenvalue weighted by atomic mass is 10.1. The molecule has 0 spiro atoms. The molecule has 12 heteroatoms. The Morgan fingerprint density at radius 3 is 2.71 bits per heavy atom. The first-order valence-electron chi connectivity index (χ1n) is 11.3. The van der Waals surface area contributed by atoms with Crippen molar-refractivity contribution in [2.45, 2.75) is 64.6 Å². The van der Waals surface area contributed by atoms with E-state index < -0.39 is 29.1 Å². The Hall–Kier alpha value is -3.47. The summed E-state index contributed by atoms with van der Waals surface area (Å²) in [6.45, 7) is 6.85. The lowest BCUT2D eigenvalue weighted by Gasteiger charge is -2.22. The number of halogens is 1. The number of ether oxygens (including phenoxy) is 1. The highest BCUT2D eigenvalue weighted by molar-refractivity contribution is 6.32. The number of aromatic nitrogens is 5. The molecule has 3 atom stereocenters. The molecule has 3 aromatic rings. The number of nitrogens with zero attached hydrogens (tertiary/aromatic N) is 5. The molecule has 35 heavy (non-hydrogen) atoms. The molecule has 1 saturated carbocycles. The summed E-state index contributed by atoms with van der Waals surface area (Å²) in [5, 5.41) is 16.9. The van der Waals surface area contributed by atoms with Crippen LogP contribution in [0.2, 0.25) is 5.02 Å². The van der Waals surface area contributed by atoms with Gasteiger partial charge in [-0.15, -0.1) is 0 Å². The summed E-state index contributed by atoms with van der Waals surface area (Å²) in [4.78, 5) is 45.5. The molecule has 186 valence electrons. The summed E-state index contributed by atoms with van der Waals surface area (Å²) in [5.41, 5.74) is 0.0780. The summed E-state index contributed by atoms with van der Waals surface area (Å²) < 4.78 is 8.01. The van der Waals surface area contributed by atoms with E-state index in [0.717, 1.165) is 0 Å². The second-order valence-electron chi connectivity index (χ2n) is 9.69. The van der Waals surface area contributed by atoms with E-state index >= 15 is 0 Å². The largest absolute Gasteiger partial charge is 0.481 e. The van der Waals surface area contributed by atoms with E-state index in [1.165, 1.54) is 21.6 Å². The Morgan fingerprint density at radius 2 is 2.06 bits per heavy atom. The highest BCUT2D eigenvalue weighted by Gasteiger charge is 2.30. The van der Waals surface area contributed by atoms with Gasteiger partial charge >= 0.3 is 11.9 Å². The monoisotopic (exact) mass is 502 g/mol. The fourth-order valence-electron chi connectivity index (χ4n) is 4.07. The maximum atomic E-state index is 13.1. The number of rotatable bonds is 6. The molecule has 1 unspecified atom stereocenters. The zero-order chi connectivity index (χ0) is 25.5. The van der Waals surface area contributed by atoms with Crippen LogP contribution in [0.5, 0.6) is 0 Å². The molecule has 3 heterocycles. The van der Waals surface area contributed by atoms with Gasteiger partial charge in [-0.25, -0.2) is 19.3 Å². The van der Waals surface area contributed by atoms with Crippen LogP contribution in [0.4, 0.5) is 5.95 Å². The average Bonchev–Trinajstić information content (AvgIpc) is 3.41. The first kappa shape index (κ1) is 24.6. The van der Waals surface area contributed by atoms with Crippen molar-refractivity contribution in [3.8, 4) is 11.3 Å². The molecule has 4 rings (SSSR count). The van der Waals surface area contributed by atoms with Crippen LogP contribution in [0, 0.1) is 5.92 Å². The van der Waals surface area contributed by atoms with Crippen LogP contribution in [0.15, 0.2) is 29.6 Å². The van der Waals surface area contributed by atoms with Crippen molar-refractivity contribution in [1.82, 2.24) is 24.1 Å². The fourth-order valence-corrected chi connectivity index (χ4v) is 4.27. The Morgan fingerprint density at radius 1 is 1.31 bits per heavy atom. The van der Waals surface area contributed by atoms with E-state index in [2.05, 4.69) is 20.4 Å². The molecule has 1 aliphatic rings. The Kier molecular flexibility index (Phi) is 6.54. The zero-order valence-electron chi connectivity index (χ0n) is 19.9. The highest BCUT2D eigenvalue weighted by atomic mass is 35.5. The molecule has 0 bridgehead atoms. The van der Waals surface area contributed by atoms with Crippen molar-refractivity contribution < 1.29 is 19.4 Å². The van der Waals surface area contributed by atoms with Crippen LogP contribution >= 0.6 is 11.6 Å². The molecule has 3 aromatic heterocycles. The third-order valence-corrected chi connectivity index (χ3v) is 6.13. The molecule has 1 aliphatic carbocycles. The van der Waals surface area contributed by atoms with E-state index in [0.29, 0.717) is 36.5 Å². The number of hydrogen-bond donors (Lipinski definition) is 2. The maximum Gasteiger partial charge on any atom is 0.329 e. The van der Waals surface area contributed by atoms with Gasteiger partial charge in [-0.1, -0.05) is 11.6 Å². The van der Waals surface area contributed by atoms with Crippen molar-refractivity contribution in [3.05, 3.63) is 40.2 Å². The van der Waals surface area contributed by atoms with Crippen molar-refractivity contribution in [2.75, 3.05) is 5.32 Å². The van der Waals surface area contributed by atoms with E-state index in [4.69, 9.17) is 16.3 Å². The summed E-state index contributed by atoms with van der Waals surface area (Å²) in [6.07, 6.45) is 6.15. The lowest BCUT2D eigenvalue weighted by Crippen LogP contribution is -2.34. The minimum absolute atomic E-state index is 0.0542. The van der Waals surface area contributed by atoms with Crippen LogP contribution in [-0.2, 0) is 14.3 Å². The smallest absolute Gasteiger partial charge is 0.329 e. The number of anilines is 1. The van der Waals surface area contributed by atoms with Gasteiger partial charge in [-0.2, -0.15) is 5.10 Å². The number of esters is 1. The lowest BCUT2D eigenvalue weighted by molar-refractivity contribution is -0.158. The van der Waals surface area contributed by atoms with E-state index in [9.17, 15) is 19.5 Å². The van der Waals surface area contributed by atoms with E-state index in [1.807, 2.05) is 0 Å². The van der Waals surface area contributed by atoms with Crippen LogP contribution in [-0.4, -0.2) is 52.8 Å². The summed E-state index contributed by atoms with van der Waals surface area (Å²) in [5.74, 6) is -1.40. The molecule has 0 aliphatic heterocycles. The van der Waals surface area contributed by atoms with Gasteiger partial charge in [0.2, 0.25) is 5.95 Å². The maximum absolute atomic E-state index is 13.1. The Labute approximate surface area is 206 Å². The van der Waals surface area contributed by atoms with Crippen molar-refractivity contribution in [2.24, 2.45) is 5.92 Å². The molecular weight excluding hydrogens is 476 g/mol. The number of carbonyl (C=O) groups is 2. The molecule has 11 nitrogen and oxygen atoms in total. The average molecular weight is 503 g/mol. The summed E-state index contributed by atoms with van der Waals surface area (Å²) in [6, 6.07) is 0.681. The van der Waals surface area contributed by atoms with Crippen molar-refractivity contribution >= 4 is 35.0 Å². The van der Waals surface area contributed by atoms with Crippen LogP contribution in [0.25, 0.3) is 16.8 Å². The number of carboxylic acid groups (broad SMARTS) is 1. The number of carboxylic acids is 1. The second kappa shape index (κ2) is 9.29. The van der Waals surface area contributed by atoms with Gasteiger partial charge in [0, 0.05) is 17.8 Å². The van der Waals surface area contributed by atoms with Crippen molar-refractivity contribution in [3.63, 3.8) is 0 Å². The van der Waals surface area contributed by atoms with Gasteiger partial charge in [0.15, 0.2) is 0 Å². The van der Waals surface area contributed by atoms with Gasteiger partial charge in [0.05, 0.1) is 22.8 Å². The standard InChI is InChI=1S/C23H27ClN6O5/c1-12(21(34)35-23(2,3)4)29-11-26-30-10-14(8-17(30)19(29)31)18-16(24)9-25-22(28-18)27-15-6-5-13(7-15)20(32)33/h8-13,15H,5-7H2,1-4H3,(H,32,33)(H,25,27,28)/t12?,13-,15+/m1/s1. The van der Waals surface area contributed by atoms with Crippen LogP contribution < -0.4 is 10.9 Å². The molecule has 1 fully saturated rings. The first-order chi connectivity index (χ1) is 16.4. The third-order valence-electron chi connectivity index (χ3n) is 5.85. The third kappa shape index (κ3) is 5.29. The molecule has 0 radical (unpaired) electrons. The van der Waals surface area contributed by atoms with E-state index in [1.54, 1.807) is 40.0 Å². The molecule has 2 N–H and O–H groups in total. The van der Waals surface area contributed by atoms with Gasteiger partial charge < -0.3 is 15.2 Å². The zero-order valence-corrected chi connectivity index (χ0v) is 20.6. The first-order valence-corrected chi connectivity index (χ1v) is 11.7. The number of nitrogens with one attached hydrogen (secondary N) is 1.